The van der Waals surface area contributed by atoms with Crippen LogP contribution < -0.4 is 0 Å². The zero-order valence-corrected chi connectivity index (χ0v) is 11.6. The van der Waals surface area contributed by atoms with Gasteiger partial charge in [0.25, 0.3) is 0 Å². The van der Waals surface area contributed by atoms with E-state index in [2.05, 4.69) is 0 Å². The van der Waals surface area contributed by atoms with Crippen molar-refractivity contribution in [2.24, 2.45) is 11.8 Å². The molecule has 0 fully saturated rings. The van der Waals surface area contributed by atoms with Crippen LogP contribution >= 0.6 is 23.2 Å². The van der Waals surface area contributed by atoms with Crippen LogP contribution in [0.25, 0.3) is 0 Å². The van der Waals surface area contributed by atoms with Crippen LogP contribution in [0.5, 0.6) is 0 Å². The minimum atomic E-state index is -0.412. The van der Waals surface area contributed by atoms with E-state index in [-0.39, 0.29) is 17.4 Å². The molecule has 1 atom stereocenters. The third-order valence-electron chi connectivity index (χ3n) is 2.59. The Labute approximate surface area is 111 Å². The van der Waals surface area contributed by atoms with Crippen molar-refractivity contribution in [1.82, 2.24) is 0 Å². The molecule has 0 aliphatic heterocycles. The van der Waals surface area contributed by atoms with E-state index >= 15 is 0 Å². The topological polar surface area (TPSA) is 40.9 Å². The van der Waals surface area contributed by atoms with Gasteiger partial charge in [-0.1, -0.05) is 37.0 Å². The number of ketones is 1. The summed E-state index contributed by atoms with van der Waals surface area (Å²) in [5, 5.41) is 9.05. The molecule has 1 unspecified atom stereocenters. The average Bonchev–Trinajstić information content (AvgIpc) is 2.14. The third-order valence-corrected chi connectivity index (χ3v) is 3.03. The molecule has 1 N–H and O–H groups in total. The van der Waals surface area contributed by atoms with Gasteiger partial charge in [0.2, 0.25) is 0 Å². The van der Waals surface area contributed by atoms with Crippen LogP contribution in [0.15, 0.2) is 18.2 Å². The van der Waals surface area contributed by atoms with Gasteiger partial charge in [-0.15, -0.1) is 0 Å². The van der Waals surface area contributed by atoms with Crippen molar-refractivity contribution in [3.05, 3.63) is 33.8 Å². The lowest BCUT2D eigenvalue weighted by atomic mass is 9.84. The molecule has 0 spiro atoms. The van der Waals surface area contributed by atoms with E-state index in [1.54, 1.807) is 18.2 Å². The highest BCUT2D eigenvalue weighted by Gasteiger charge is 2.24. The second-order valence-electron chi connectivity index (χ2n) is 4.40. The molecule has 92 valence electrons. The van der Waals surface area contributed by atoms with Crippen molar-refractivity contribution < 1.29 is 4.79 Å². The number of Topliss-reactive ketones (excluding diaryl/α,β-unsaturated/α-hetero) is 1. The second kappa shape index (κ2) is 5.65. The van der Waals surface area contributed by atoms with Crippen LogP contribution in [0.1, 0.15) is 26.3 Å². The molecule has 2 nitrogen and oxygen atoms in total. The molecular formula is C13H15Cl2NO. The fourth-order valence-corrected chi connectivity index (χ4v) is 2.42. The highest BCUT2D eigenvalue weighted by molar-refractivity contribution is 6.35. The Balaban J connectivity index is 3.14. The molecule has 0 saturated carbocycles. The summed E-state index contributed by atoms with van der Waals surface area (Å²) in [7, 11) is 0. The molecule has 0 aliphatic rings. The highest BCUT2D eigenvalue weighted by atomic mass is 35.5. The Morgan fingerprint density at radius 3 is 2.00 bits per heavy atom. The number of nitrogens with one attached hydrogen (secondary N) is 1. The van der Waals surface area contributed by atoms with Gasteiger partial charge in [0.05, 0.1) is 5.92 Å². The number of halogens is 2. The molecule has 0 aliphatic carbocycles. The predicted octanol–water partition coefficient (Wildman–Crippen LogP) is 4.22. The van der Waals surface area contributed by atoms with Crippen LogP contribution in [0.2, 0.25) is 10.0 Å². The summed E-state index contributed by atoms with van der Waals surface area (Å²) in [5.74, 6) is -0.344. The first-order chi connectivity index (χ1) is 7.82. The first kappa shape index (κ1) is 14.2. The molecule has 1 aromatic carbocycles. The van der Waals surface area contributed by atoms with E-state index in [1.807, 2.05) is 13.8 Å². The van der Waals surface area contributed by atoms with E-state index < -0.39 is 5.92 Å². The van der Waals surface area contributed by atoms with Gasteiger partial charge in [-0.2, -0.15) is 0 Å². The van der Waals surface area contributed by atoms with Gasteiger partial charge in [-0.3, -0.25) is 4.79 Å². The molecule has 0 bridgehead atoms. The van der Waals surface area contributed by atoms with Crippen LogP contribution in [-0.2, 0) is 4.79 Å². The summed E-state index contributed by atoms with van der Waals surface area (Å²) in [6, 6.07) is 4.93. The van der Waals surface area contributed by atoms with E-state index in [0.29, 0.717) is 15.6 Å². The number of hydrogen-bond acceptors (Lipinski definition) is 2. The fraction of sp³-hybridized carbons (Fsp3) is 0.385. The van der Waals surface area contributed by atoms with Crippen molar-refractivity contribution in [2.75, 3.05) is 0 Å². The van der Waals surface area contributed by atoms with Gasteiger partial charge in [-0.05, 0) is 36.6 Å². The van der Waals surface area contributed by atoms with Crippen molar-refractivity contribution in [3.8, 4) is 0 Å². The van der Waals surface area contributed by atoms with Crippen LogP contribution in [0, 0.1) is 17.2 Å². The highest BCUT2D eigenvalue weighted by Crippen LogP contribution is 2.24. The predicted molar refractivity (Wildman–Crippen MR) is 72.3 cm³/mol. The number of hydrogen-bond donors (Lipinski definition) is 1. The summed E-state index contributed by atoms with van der Waals surface area (Å²) in [4.78, 5) is 11.6. The van der Waals surface area contributed by atoms with Gasteiger partial charge >= 0.3 is 0 Å². The molecule has 0 radical (unpaired) electrons. The lowest BCUT2D eigenvalue weighted by Crippen LogP contribution is -2.27. The van der Waals surface area contributed by atoms with E-state index in [0.717, 1.165) is 0 Å². The fourth-order valence-electron chi connectivity index (χ4n) is 1.89. The van der Waals surface area contributed by atoms with Crippen molar-refractivity contribution in [2.45, 2.75) is 20.8 Å². The van der Waals surface area contributed by atoms with Gasteiger partial charge in [0.1, 0.15) is 5.78 Å². The largest absolute Gasteiger partial charge is 0.304 e. The first-order valence-corrected chi connectivity index (χ1v) is 6.14. The lowest BCUT2D eigenvalue weighted by Gasteiger charge is -2.19. The minimum Gasteiger partial charge on any atom is -0.304 e. The third kappa shape index (κ3) is 3.55. The summed E-state index contributed by atoms with van der Waals surface area (Å²) < 4.78 is 0. The van der Waals surface area contributed by atoms with Crippen LogP contribution in [0.3, 0.4) is 0 Å². The minimum absolute atomic E-state index is 0.0129. The standard InChI is InChI=1S/C13H15Cl2NO/c1-7(2)12(8(3)17)13(16)9-4-10(14)6-11(15)5-9/h4-7,12,16H,1-3H3. The van der Waals surface area contributed by atoms with E-state index in [4.69, 9.17) is 28.6 Å². The average molecular weight is 272 g/mol. The quantitative estimate of drug-likeness (QED) is 0.819. The molecular weight excluding hydrogens is 257 g/mol. The molecule has 1 aromatic rings. The van der Waals surface area contributed by atoms with Gasteiger partial charge in [0, 0.05) is 15.8 Å². The lowest BCUT2D eigenvalue weighted by molar-refractivity contribution is -0.119. The van der Waals surface area contributed by atoms with Gasteiger partial charge in [-0.25, -0.2) is 0 Å². The van der Waals surface area contributed by atoms with E-state index in [1.165, 1.54) is 6.92 Å². The number of carbonyl (C=O) groups is 1. The van der Waals surface area contributed by atoms with Crippen molar-refractivity contribution in [1.29, 1.82) is 5.41 Å². The molecule has 0 heterocycles. The summed E-state index contributed by atoms with van der Waals surface area (Å²) in [6.07, 6.45) is 0. The van der Waals surface area contributed by atoms with Gasteiger partial charge < -0.3 is 5.41 Å². The Bertz CT molecular complexity index is 434. The number of benzene rings is 1. The first-order valence-electron chi connectivity index (χ1n) is 5.38. The van der Waals surface area contributed by atoms with Crippen LogP contribution in [-0.4, -0.2) is 11.5 Å². The molecule has 4 heteroatoms. The Hall–Kier alpha value is -0.860. The summed E-state index contributed by atoms with van der Waals surface area (Å²) in [6.45, 7) is 5.35. The normalized spacial score (nSPS) is 12.6. The molecule has 0 saturated heterocycles. The Morgan fingerprint density at radius 2 is 1.65 bits per heavy atom. The molecule has 0 amide bonds. The Kier molecular flexibility index (Phi) is 4.72. The smallest absolute Gasteiger partial charge is 0.139 e. The maximum atomic E-state index is 11.6. The van der Waals surface area contributed by atoms with Crippen LogP contribution in [0.4, 0.5) is 0 Å². The maximum absolute atomic E-state index is 11.6. The molecule has 17 heavy (non-hydrogen) atoms. The number of rotatable bonds is 4. The maximum Gasteiger partial charge on any atom is 0.139 e. The molecule has 0 aromatic heterocycles. The Morgan fingerprint density at radius 1 is 1.18 bits per heavy atom. The zero-order valence-electron chi connectivity index (χ0n) is 10.1. The zero-order chi connectivity index (χ0) is 13.2. The monoisotopic (exact) mass is 271 g/mol. The van der Waals surface area contributed by atoms with Crippen molar-refractivity contribution in [3.63, 3.8) is 0 Å². The second-order valence-corrected chi connectivity index (χ2v) is 5.28. The summed E-state index contributed by atoms with van der Waals surface area (Å²) in [5.41, 5.74) is 0.883. The van der Waals surface area contributed by atoms with Gasteiger partial charge in [0.15, 0.2) is 0 Å². The number of carbonyl (C=O) groups excluding carboxylic acids is 1. The molecule has 1 rings (SSSR count). The van der Waals surface area contributed by atoms with Crippen molar-refractivity contribution >= 4 is 34.7 Å². The van der Waals surface area contributed by atoms with E-state index in [9.17, 15) is 4.79 Å². The SMILES string of the molecule is CC(=O)C(C(=N)c1cc(Cl)cc(Cl)c1)C(C)C. The summed E-state index contributed by atoms with van der Waals surface area (Å²) >= 11 is 11.8.